The Bertz CT molecular complexity index is 819. The summed E-state index contributed by atoms with van der Waals surface area (Å²) in [5.41, 5.74) is 6.41. The smallest absolute Gasteiger partial charge is 0.168 e. The first kappa shape index (κ1) is 19.5. The van der Waals surface area contributed by atoms with Crippen LogP contribution in [-0.4, -0.2) is 13.2 Å². The van der Waals surface area contributed by atoms with E-state index in [9.17, 15) is 9.50 Å². The highest BCUT2D eigenvalue weighted by Gasteiger charge is 2.41. The Morgan fingerprint density at radius 1 is 1.00 bits per heavy atom. The zero-order chi connectivity index (χ0) is 18.9. The van der Waals surface area contributed by atoms with Crippen LogP contribution in [0, 0.1) is 24.2 Å². The molecule has 0 aliphatic rings. The molecule has 134 valence electrons. The van der Waals surface area contributed by atoms with Gasteiger partial charge in [-0.05, 0) is 46.6 Å². The van der Waals surface area contributed by atoms with Gasteiger partial charge in [-0.1, -0.05) is 59.6 Å². The monoisotopic (exact) mass is 356 g/mol. The summed E-state index contributed by atoms with van der Waals surface area (Å²) in [6.45, 7) is 15.3. The molecule has 25 heavy (non-hydrogen) atoms. The van der Waals surface area contributed by atoms with Gasteiger partial charge in [-0.2, -0.15) is 0 Å². The van der Waals surface area contributed by atoms with E-state index in [0.717, 1.165) is 5.39 Å². The molecule has 0 amide bonds. The molecule has 0 saturated carbocycles. The first-order valence-electron chi connectivity index (χ1n) is 9.06. The van der Waals surface area contributed by atoms with Crippen molar-refractivity contribution >= 4 is 18.8 Å². The average Bonchev–Trinajstić information content (AvgIpc) is 2.52. The molecule has 0 unspecified atom stereocenters. The van der Waals surface area contributed by atoms with Crippen LogP contribution >= 0.6 is 0 Å². The molecule has 1 N–H and O–H groups in total. The topological polar surface area (TPSA) is 20.2 Å². The van der Waals surface area contributed by atoms with Gasteiger partial charge in [0.2, 0.25) is 0 Å². The van der Waals surface area contributed by atoms with Crippen molar-refractivity contribution in [1.82, 2.24) is 0 Å². The van der Waals surface area contributed by atoms with Crippen molar-refractivity contribution in [2.45, 2.75) is 65.1 Å². The highest BCUT2D eigenvalue weighted by molar-refractivity contribution is 6.90. The van der Waals surface area contributed by atoms with Crippen molar-refractivity contribution in [3.63, 3.8) is 0 Å². The Morgan fingerprint density at radius 2 is 1.56 bits per heavy atom. The molecule has 2 aromatic carbocycles. The molecule has 0 fully saturated rings. The largest absolute Gasteiger partial charge is 0.504 e. The second-order valence-electron chi connectivity index (χ2n) is 7.91. The van der Waals surface area contributed by atoms with Gasteiger partial charge >= 0.3 is 0 Å². The van der Waals surface area contributed by atoms with Crippen molar-refractivity contribution in [2.75, 3.05) is 0 Å². The van der Waals surface area contributed by atoms with Crippen LogP contribution in [0.5, 0.6) is 5.75 Å². The molecule has 2 rings (SSSR count). The molecule has 0 atom stereocenters. The van der Waals surface area contributed by atoms with Crippen LogP contribution in [-0.2, 0) is 0 Å². The third-order valence-corrected chi connectivity index (χ3v) is 11.8. The minimum absolute atomic E-state index is 0.286. The first-order valence-corrected chi connectivity index (χ1v) is 11.3. The molecule has 2 aromatic rings. The number of aryl methyl sites for hydroxylation is 1. The number of phenols is 1. The van der Waals surface area contributed by atoms with Crippen LogP contribution in [0.3, 0.4) is 0 Å². The molecule has 0 radical (unpaired) electrons. The highest BCUT2D eigenvalue weighted by Crippen LogP contribution is 2.41. The van der Waals surface area contributed by atoms with Crippen LogP contribution in [0.25, 0.3) is 10.8 Å². The van der Waals surface area contributed by atoms with Crippen LogP contribution in [0.15, 0.2) is 24.3 Å². The summed E-state index contributed by atoms with van der Waals surface area (Å²) >= 11 is 0. The number of hydrogen-bond acceptors (Lipinski definition) is 1. The first-order chi connectivity index (χ1) is 11.6. The van der Waals surface area contributed by atoms with Crippen LogP contribution in [0.4, 0.5) is 4.39 Å². The number of hydrogen-bond donors (Lipinski definition) is 1. The van der Waals surface area contributed by atoms with Gasteiger partial charge in [0.05, 0.1) is 0 Å². The van der Waals surface area contributed by atoms with Gasteiger partial charge in [-0.3, -0.25) is 0 Å². The Balaban J connectivity index is 2.73. The lowest BCUT2D eigenvalue weighted by Crippen LogP contribution is -2.43. The van der Waals surface area contributed by atoms with Crippen molar-refractivity contribution < 1.29 is 9.50 Å². The van der Waals surface area contributed by atoms with Crippen molar-refractivity contribution in [3.05, 3.63) is 41.2 Å². The highest BCUT2D eigenvalue weighted by atomic mass is 28.3. The van der Waals surface area contributed by atoms with E-state index in [1.807, 2.05) is 18.2 Å². The van der Waals surface area contributed by atoms with Gasteiger partial charge in [0.25, 0.3) is 0 Å². The molecular weight excluding hydrogens is 327 g/mol. The fraction of sp³-hybridized carbons (Fsp3) is 0.455. The molecule has 0 bridgehead atoms. The number of phenolic OH excluding ortho intramolecular Hbond substituents is 1. The molecule has 0 saturated heterocycles. The number of aromatic hydroxyl groups is 1. The molecule has 0 heterocycles. The summed E-state index contributed by atoms with van der Waals surface area (Å²) in [7, 11) is -1.88. The number of fused-ring (bicyclic) bond motifs is 1. The van der Waals surface area contributed by atoms with E-state index in [4.69, 9.17) is 0 Å². The fourth-order valence-electron chi connectivity index (χ4n) is 4.26. The van der Waals surface area contributed by atoms with Gasteiger partial charge in [0.1, 0.15) is 8.07 Å². The zero-order valence-corrected chi connectivity index (χ0v) is 17.4. The predicted molar refractivity (Wildman–Crippen MR) is 108 cm³/mol. The number of rotatable bonds is 3. The van der Waals surface area contributed by atoms with Crippen molar-refractivity contribution in [1.29, 1.82) is 0 Å². The molecule has 0 aliphatic heterocycles. The van der Waals surface area contributed by atoms with E-state index in [2.05, 4.69) is 53.0 Å². The summed E-state index contributed by atoms with van der Waals surface area (Å²) in [6.07, 6.45) is 0. The molecule has 3 heteroatoms. The van der Waals surface area contributed by atoms with E-state index in [1.165, 1.54) is 0 Å². The lowest BCUT2D eigenvalue weighted by molar-refractivity contribution is 0.436. The third kappa shape index (κ3) is 3.33. The van der Waals surface area contributed by atoms with E-state index in [0.29, 0.717) is 33.1 Å². The lowest BCUT2D eigenvalue weighted by Gasteiger charge is -2.38. The molecular formula is C22H29FOSi. The minimum atomic E-state index is -1.88. The minimum Gasteiger partial charge on any atom is -0.504 e. The van der Waals surface area contributed by atoms with E-state index in [-0.39, 0.29) is 5.75 Å². The molecule has 0 aromatic heterocycles. The van der Waals surface area contributed by atoms with Gasteiger partial charge in [-0.25, -0.2) is 4.39 Å². The normalized spacial score (nSPS) is 12.1. The van der Waals surface area contributed by atoms with Gasteiger partial charge in [0, 0.05) is 10.9 Å². The van der Waals surface area contributed by atoms with E-state index in [1.54, 1.807) is 13.0 Å². The standard InChI is InChI=1S/C22H29FOSi/c1-14(2)25(15(3)4,16(5)6)12-11-18-9-8-10-19-13-17(7)21(23)22(24)20(18)19/h8-10,13-16,24H,1-7H3. The van der Waals surface area contributed by atoms with Crippen LogP contribution < -0.4 is 0 Å². The third-order valence-electron chi connectivity index (χ3n) is 5.54. The average molecular weight is 357 g/mol. The maximum absolute atomic E-state index is 14.2. The Hall–Kier alpha value is -1.79. The zero-order valence-electron chi connectivity index (χ0n) is 16.4. The second kappa shape index (κ2) is 7.21. The maximum atomic E-state index is 14.2. The summed E-state index contributed by atoms with van der Waals surface area (Å²) in [4.78, 5) is 0. The summed E-state index contributed by atoms with van der Waals surface area (Å²) < 4.78 is 14.2. The van der Waals surface area contributed by atoms with Crippen LogP contribution in [0.2, 0.25) is 16.6 Å². The molecule has 0 aliphatic carbocycles. The Labute approximate surface area is 152 Å². The second-order valence-corrected chi connectivity index (χ2v) is 13.5. The van der Waals surface area contributed by atoms with Crippen molar-refractivity contribution in [2.24, 2.45) is 0 Å². The predicted octanol–water partition coefficient (Wildman–Crippen LogP) is 6.56. The Morgan fingerprint density at radius 3 is 2.08 bits per heavy atom. The van der Waals surface area contributed by atoms with E-state index >= 15 is 0 Å². The molecule has 0 spiro atoms. The summed E-state index contributed by atoms with van der Waals surface area (Å²) in [5.74, 6) is 2.51. The van der Waals surface area contributed by atoms with Crippen molar-refractivity contribution in [3.8, 4) is 17.2 Å². The fourth-order valence-corrected chi connectivity index (χ4v) is 9.48. The molecule has 1 nitrogen and oxygen atoms in total. The van der Waals surface area contributed by atoms with E-state index < -0.39 is 13.9 Å². The maximum Gasteiger partial charge on any atom is 0.168 e. The summed E-state index contributed by atoms with van der Waals surface area (Å²) in [5, 5.41) is 11.7. The van der Waals surface area contributed by atoms with Gasteiger partial charge in [0.15, 0.2) is 11.6 Å². The SMILES string of the molecule is Cc1cc2cccc(C#C[Si](C(C)C)(C(C)C)C(C)C)c2c(O)c1F. The Kier molecular flexibility index (Phi) is 5.64. The van der Waals surface area contributed by atoms with Gasteiger partial charge in [-0.15, -0.1) is 5.54 Å². The van der Waals surface area contributed by atoms with Gasteiger partial charge < -0.3 is 5.11 Å². The number of benzene rings is 2. The number of halogens is 1. The quantitative estimate of drug-likeness (QED) is 0.487. The lowest BCUT2D eigenvalue weighted by atomic mass is 10.0. The van der Waals surface area contributed by atoms with Crippen LogP contribution in [0.1, 0.15) is 52.7 Å². The summed E-state index contributed by atoms with van der Waals surface area (Å²) in [6, 6.07) is 7.47.